The van der Waals surface area contributed by atoms with Crippen LogP contribution in [0.5, 0.6) is 0 Å². The number of hydrogen-bond donors (Lipinski definition) is 2. The highest BCUT2D eigenvalue weighted by Gasteiger charge is 2.33. The van der Waals surface area contributed by atoms with Gasteiger partial charge in [0, 0.05) is 32.3 Å². The predicted octanol–water partition coefficient (Wildman–Crippen LogP) is 0.600. The normalized spacial score (nSPS) is 30.9. The number of nitrogens with zero attached hydrogens (tertiary/aromatic N) is 1. The zero-order chi connectivity index (χ0) is 12.3. The van der Waals surface area contributed by atoms with E-state index in [1.54, 1.807) is 0 Å². The number of ether oxygens (including phenoxy) is 1. The van der Waals surface area contributed by atoms with E-state index in [1.165, 1.54) is 12.8 Å². The lowest BCUT2D eigenvalue weighted by Gasteiger charge is -2.35. The summed E-state index contributed by atoms with van der Waals surface area (Å²) in [6, 6.07) is 0.632. The molecule has 0 spiro atoms. The molecule has 2 unspecified atom stereocenters. The van der Waals surface area contributed by atoms with Crippen molar-refractivity contribution in [1.82, 2.24) is 10.2 Å². The van der Waals surface area contributed by atoms with Crippen LogP contribution in [-0.2, 0) is 4.74 Å². The Bertz CT molecular complexity index is 246. The molecule has 0 bridgehead atoms. The average Bonchev–Trinajstić information content (AvgIpc) is 3.08. The minimum Gasteiger partial charge on any atom is -0.394 e. The smallest absolute Gasteiger partial charge is 0.0673 e. The Balaban J connectivity index is 1.86. The molecule has 2 rings (SSSR count). The van der Waals surface area contributed by atoms with Gasteiger partial charge in [0.1, 0.15) is 0 Å². The highest BCUT2D eigenvalue weighted by Crippen LogP contribution is 2.23. The van der Waals surface area contributed by atoms with Crippen LogP contribution in [0, 0.1) is 0 Å². The zero-order valence-corrected chi connectivity index (χ0v) is 11.1. The highest BCUT2D eigenvalue weighted by molar-refractivity contribution is 4.94. The summed E-state index contributed by atoms with van der Waals surface area (Å²) in [5.41, 5.74) is -0.161. The SMILES string of the molecule is CC1CN(CC(C)(CO)NC2CC2)CCCO1. The van der Waals surface area contributed by atoms with Gasteiger partial charge in [-0.3, -0.25) is 4.90 Å². The quantitative estimate of drug-likeness (QED) is 0.741. The van der Waals surface area contributed by atoms with E-state index in [0.29, 0.717) is 12.1 Å². The molecule has 1 aliphatic heterocycles. The van der Waals surface area contributed by atoms with Crippen LogP contribution in [-0.4, -0.2) is 60.5 Å². The second-order valence-corrected chi connectivity index (χ2v) is 5.91. The summed E-state index contributed by atoms with van der Waals surface area (Å²) in [5.74, 6) is 0. The summed E-state index contributed by atoms with van der Waals surface area (Å²) in [7, 11) is 0. The van der Waals surface area contributed by atoms with Gasteiger partial charge in [-0.05, 0) is 33.1 Å². The fraction of sp³-hybridized carbons (Fsp3) is 1.00. The lowest BCUT2D eigenvalue weighted by Crippen LogP contribution is -2.55. The number of aliphatic hydroxyl groups is 1. The Morgan fingerprint density at radius 3 is 2.88 bits per heavy atom. The third-order valence-corrected chi connectivity index (χ3v) is 3.59. The van der Waals surface area contributed by atoms with Crippen LogP contribution in [0.1, 0.15) is 33.1 Å². The molecule has 0 aromatic heterocycles. The molecule has 0 aromatic carbocycles. The Hall–Kier alpha value is -0.160. The van der Waals surface area contributed by atoms with Gasteiger partial charge in [0.05, 0.1) is 18.2 Å². The maximum atomic E-state index is 9.61. The van der Waals surface area contributed by atoms with Crippen LogP contribution in [0.2, 0.25) is 0 Å². The molecule has 2 aliphatic rings. The molecule has 4 heteroatoms. The van der Waals surface area contributed by atoms with Crippen molar-refractivity contribution in [1.29, 1.82) is 0 Å². The van der Waals surface area contributed by atoms with Gasteiger partial charge in [0.25, 0.3) is 0 Å². The van der Waals surface area contributed by atoms with Gasteiger partial charge >= 0.3 is 0 Å². The van der Waals surface area contributed by atoms with Gasteiger partial charge in [0.2, 0.25) is 0 Å². The van der Waals surface area contributed by atoms with E-state index in [9.17, 15) is 5.11 Å². The first-order valence-electron chi connectivity index (χ1n) is 6.84. The van der Waals surface area contributed by atoms with E-state index in [2.05, 4.69) is 24.1 Å². The highest BCUT2D eigenvalue weighted by atomic mass is 16.5. The van der Waals surface area contributed by atoms with E-state index in [0.717, 1.165) is 32.7 Å². The molecule has 0 aromatic rings. The van der Waals surface area contributed by atoms with Gasteiger partial charge < -0.3 is 15.2 Å². The Morgan fingerprint density at radius 1 is 1.47 bits per heavy atom. The molecule has 1 aliphatic carbocycles. The van der Waals surface area contributed by atoms with E-state index in [4.69, 9.17) is 4.74 Å². The van der Waals surface area contributed by atoms with E-state index in [1.807, 2.05) is 0 Å². The molecule has 4 nitrogen and oxygen atoms in total. The molecule has 2 atom stereocenters. The minimum absolute atomic E-state index is 0.161. The van der Waals surface area contributed by atoms with Crippen molar-refractivity contribution in [2.75, 3.05) is 32.8 Å². The van der Waals surface area contributed by atoms with Crippen molar-refractivity contribution in [3.63, 3.8) is 0 Å². The Kier molecular flexibility index (Phi) is 4.42. The van der Waals surface area contributed by atoms with Crippen LogP contribution in [0.25, 0.3) is 0 Å². The summed E-state index contributed by atoms with van der Waals surface area (Å²) < 4.78 is 5.65. The first kappa shape index (κ1) is 13.3. The third kappa shape index (κ3) is 4.21. The lowest BCUT2D eigenvalue weighted by atomic mass is 10.0. The topological polar surface area (TPSA) is 44.7 Å². The zero-order valence-electron chi connectivity index (χ0n) is 11.1. The fourth-order valence-electron chi connectivity index (χ4n) is 2.58. The van der Waals surface area contributed by atoms with Crippen molar-refractivity contribution in [3.05, 3.63) is 0 Å². The van der Waals surface area contributed by atoms with Gasteiger partial charge in [-0.1, -0.05) is 0 Å². The molecule has 1 heterocycles. The molecular formula is C13H26N2O2. The lowest BCUT2D eigenvalue weighted by molar-refractivity contribution is 0.0579. The first-order valence-corrected chi connectivity index (χ1v) is 6.84. The number of hydrogen-bond acceptors (Lipinski definition) is 4. The van der Waals surface area contributed by atoms with E-state index < -0.39 is 0 Å². The molecule has 17 heavy (non-hydrogen) atoms. The van der Waals surface area contributed by atoms with Crippen molar-refractivity contribution in [2.45, 2.75) is 50.8 Å². The van der Waals surface area contributed by atoms with Crippen molar-refractivity contribution in [2.24, 2.45) is 0 Å². The van der Waals surface area contributed by atoms with Gasteiger partial charge in [-0.15, -0.1) is 0 Å². The van der Waals surface area contributed by atoms with Crippen LogP contribution < -0.4 is 5.32 Å². The molecule has 100 valence electrons. The largest absolute Gasteiger partial charge is 0.394 e. The first-order chi connectivity index (χ1) is 8.11. The summed E-state index contributed by atoms with van der Waals surface area (Å²) in [6.07, 6.45) is 3.92. The minimum atomic E-state index is -0.161. The van der Waals surface area contributed by atoms with Crippen molar-refractivity contribution >= 4 is 0 Å². The fourth-order valence-corrected chi connectivity index (χ4v) is 2.58. The summed E-state index contributed by atoms with van der Waals surface area (Å²) in [5, 5.41) is 13.2. The van der Waals surface area contributed by atoms with Crippen molar-refractivity contribution < 1.29 is 9.84 Å². The molecule has 2 fully saturated rings. The second kappa shape index (κ2) is 5.65. The maximum absolute atomic E-state index is 9.61. The van der Waals surface area contributed by atoms with Crippen molar-refractivity contribution in [3.8, 4) is 0 Å². The molecule has 1 saturated heterocycles. The molecular weight excluding hydrogens is 216 g/mol. The predicted molar refractivity (Wildman–Crippen MR) is 68.1 cm³/mol. The van der Waals surface area contributed by atoms with Gasteiger partial charge in [0.15, 0.2) is 0 Å². The molecule has 0 radical (unpaired) electrons. The number of rotatable bonds is 5. The maximum Gasteiger partial charge on any atom is 0.0673 e. The average molecular weight is 242 g/mol. The molecule has 1 saturated carbocycles. The molecule has 2 N–H and O–H groups in total. The summed E-state index contributed by atoms with van der Waals surface area (Å²) in [4.78, 5) is 2.42. The Labute approximate surface area is 104 Å². The standard InChI is InChI=1S/C13H26N2O2/c1-11-8-15(6-3-7-17-11)9-13(2,10-16)14-12-4-5-12/h11-12,14,16H,3-10H2,1-2H3. The van der Waals surface area contributed by atoms with Crippen LogP contribution in [0.3, 0.4) is 0 Å². The van der Waals surface area contributed by atoms with Crippen LogP contribution in [0.15, 0.2) is 0 Å². The number of nitrogens with one attached hydrogen (secondary N) is 1. The van der Waals surface area contributed by atoms with Crippen LogP contribution in [0.4, 0.5) is 0 Å². The van der Waals surface area contributed by atoms with E-state index >= 15 is 0 Å². The Morgan fingerprint density at radius 2 is 2.24 bits per heavy atom. The van der Waals surface area contributed by atoms with Gasteiger partial charge in [-0.2, -0.15) is 0 Å². The number of aliphatic hydroxyl groups excluding tert-OH is 1. The van der Waals surface area contributed by atoms with Crippen LogP contribution >= 0.6 is 0 Å². The summed E-state index contributed by atoms with van der Waals surface area (Å²) >= 11 is 0. The molecule has 0 amide bonds. The summed E-state index contributed by atoms with van der Waals surface area (Å²) in [6.45, 7) is 8.28. The third-order valence-electron chi connectivity index (χ3n) is 3.59. The second-order valence-electron chi connectivity index (χ2n) is 5.91. The van der Waals surface area contributed by atoms with Gasteiger partial charge in [-0.25, -0.2) is 0 Å². The monoisotopic (exact) mass is 242 g/mol. The van der Waals surface area contributed by atoms with E-state index in [-0.39, 0.29) is 12.1 Å².